The van der Waals surface area contributed by atoms with Gasteiger partial charge in [-0.1, -0.05) is 27.7 Å². The molecule has 3 heterocycles. The lowest BCUT2D eigenvalue weighted by molar-refractivity contribution is 0.493. The number of aromatic amines is 2. The molecule has 25 heavy (non-hydrogen) atoms. The Morgan fingerprint density at radius 2 is 1.24 bits per heavy atom. The molecule has 0 amide bonds. The van der Waals surface area contributed by atoms with Crippen molar-refractivity contribution in [3.8, 4) is 22.5 Å². The van der Waals surface area contributed by atoms with Crippen LogP contribution in [0.4, 0.5) is 0 Å². The van der Waals surface area contributed by atoms with Crippen LogP contribution in [0, 0.1) is 6.92 Å². The molecule has 2 aliphatic carbocycles. The van der Waals surface area contributed by atoms with Crippen molar-refractivity contribution in [1.29, 1.82) is 0 Å². The summed E-state index contributed by atoms with van der Waals surface area (Å²) in [5.74, 6) is 0. The molecule has 5 nitrogen and oxygen atoms in total. The van der Waals surface area contributed by atoms with Crippen LogP contribution in [0.1, 0.15) is 55.8 Å². The molecule has 0 radical (unpaired) electrons. The Hall–Kier alpha value is -2.43. The standard InChI is InChI=1S/C20H23N5/c1-10-15-13(6-19(2,3)11-8-21-24-17(11)15)23-14-7-20(4,5)12-9-22-25-18(12)16(10)14/h8-9H,6-7H2,1-5H3,(H,21,24)(H,22,25). The van der Waals surface area contributed by atoms with Gasteiger partial charge in [-0.15, -0.1) is 0 Å². The summed E-state index contributed by atoms with van der Waals surface area (Å²) in [4.78, 5) is 5.17. The zero-order chi connectivity index (χ0) is 17.6. The quantitative estimate of drug-likeness (QED) is 0.657. The molecule has 3 aromatic heterocycles. The van der Waals surface area contributed by atoms with Crippen LogP contribution in [0.25, 0.3) is 22.5 Å². The molecule has 0 aliphatic heterocycles. The molecule has 0 atom stereocenters. The minimum absolute atomic E-state index is 0.0480. The van der Waals surface area contributed by atoms with Crippen LogP contribution < -0.4 is 0 Å². The highest BCUT2D eigenvalue weighted by molar-refractivity contribution is 5.83. The second kappa shape index (κ2) is 4.40. The van der Waals surface area contributed by atoms with Crippen LogP contribution in [0.3, 0.4) is 0 Å². The first-order valence-corrected chi connectivity index (χ1v) is 8.90. The zero-order valence-corrected chi connectivity index (χ0v) is 15.4. The number of hydrogen-bond acceptors (Lipinski definition) is 3. The normalized spacial score (nSPS) is 18.9. The molecule has 5 heteroatoms. The molecule has 128 valence electrons. The summed E-state index contributed by atoms with van der Waals surface area (Å²) >= 11 is 0. The van der Waals surface area contributed by atoms with E-state index in [4.69, 9.17) is 4.98 Å². The van der Waals surface area contributed by atoms with Crippen molar-refractivity contribution in [1.82, 2.24) is 25.4 Å². The first-order valence-electron chi connectivity index (χ1n) is 8.90. The van der Waals surface area contributed by atoms with E-state index in [9.17, 15) is 0 Å². The third-order valence-electron chi connectivity index (χ3n) is 6.05. The molecule has 0 saturated heterocycles. The Balaban J connectivity index is 1.85. The summed E-state index contributed by atoms with van der Waals surface area (Å²) in [7, 11) is 0. The highest BCUT2D eigenvalue weighted by atomic mass is 15.1. The van der Waals surface area contributed by atoms with Crippen molar-refractivity contribution >= 4 is 0 Å². The Labute approximate surface area is 147 Å². The van der Waals surface area contributed by atoms with Crippen molar-refractivity contribution < 1.29 is 0 Å². The number of nitrogens with one attached hydrogen (secondary N) is 2. The van der Waals surface area contributed by atoms with E-state index < -0.39 is 0 Å². The van der Waals surface area contributed by atoms with Gasteiger partial charge >= 0.3 is 0 Å². The average molecular weight is 333 g/mol. The largest absolute Gasteiger partial charge is 0.277 e. The summed E-state index contributed by atoms with van der Waals surface area (Å²) in [6.45, 7) is 11.3. The number of pyridine rings is 1. The predicted molar refractivity (Wildman–Crippen MR) is 97.6 cm³/mol. The highest BCUT2D eigenvalue weighted by Gasteiger charge is 2.39. The van der Waals surface area contributed by atoms with Gasteiger partial charge in [0.25, 0.3) is 0 Å². The molecule has 2 N–H and O–H groups in total. The van der Waals surface area contributed by atoms with Crippen molar-refractivity contribution in [2.45, 2.75) is 58.3 Å². The summed E-state index contributed by atoms with van der Waals surface area (Å²) in [6.07, 6.45) is 5.84. The smallest absolute Gasteiger partial charge is 0.0708 e. The van der Waals surface area contributed by atoms with Crippen molar-refractivity contribution in [3.63, 3.8) is 0 Å². The van der Waals surface area contributed by atoms with Gasteiger partial charge in [0, 0.05) is 22.3 Å². The molecule has 0 aromatic carbocycles. The molecule has 3 aromatic rings. The Bertz CT molecular complexity index is 940. The SMILES string of the molecule is Cc1c2c(nc3c1-c1[nH]ncc1C(C)(C)C3)CC(C)(C)c1cn[nH]c1-2. The molecule has 0 unspecified atom stereocenters. The van der Waals surface area contributed by atoms with Crippen LogP contribution in [0.2, 0.25) is 0 Å². The van der Waals surface area contributed by atoms with E-state index in [0.29, 0.717) is 0 Å². The van der Waals surface area contributed by atoms with Gasteiger partial charge in [-0.05, 0) is 36.2 Å². The minimum atomic E-state index is 0.0480. The number of rotatable bonds is 0. The van der Waals surface area contributed by atoms with Crippen LogP contribution in [-0.4, -0.2) is 25.4 Å². The van der Waals surface area contributed by atoms with E-state index in [2.05, 4.69) is 55.0 Å². The van der Waals surface area contributed by atoms with Gasteiger partial charge in [-0.2, -0.15) is 10.2 Å². The van der Waals surface area contributed by atoms with Gasteiger partial charge in [0.2, 0.25) is 0 Å². The minimum Gasteiger partial charge on any atom is -0.277 e. The van der Waals surface area contributed by atoms with Crippen molar-refractivity contribution in [3.05, 3.63) is 40.5 Å². The molecule has 2 aliphatic rings. The summed E-state index contributed by atoms with van der Waals surface area (Å²) in [6, 6.07) is 0. The fourth-order valence-corrected chi connectivity index (χ4v) is 4.76. The number of hydrogen-bond donors (Lipinski definition) is 2. The Morgan fingerprint density at radius 3 is 1.68 bits per heavy atom. The maximum Gasteiger partial charge on any atom is 0.0708 e. The molecule has 0 bridgehead atoms. The number of H-pyrrole nitrogens is 2. The van der Waals surface area contributed by atoms with Crippen LogP contribution in [0.15, 0.2) is 12.4 Å². The predicted octanol–water partition coefficient (Wildman–Crippen LogP) is 3.84. The topological polar surface area (TPSA) is 70.2 Å². The fraction of sp³-hybridized carbons (Fsp3) is 0.450. The fourth-order valence-electron chi connectivity index (χ4n) is 4.76. The van der Waals surface area contributed by atoms with Gasteiger partial charge in [-0.25, -0.2) is 0 Å². The maximum atomic E-state index is 5.17. The first-order chi connectivity index (χ1) is 11.8. The van der Waals surface area contributed by atoms with Gasteiger partial charge in [0.15, 0.2) is 0 Å². The van der Waals surface area contributed by atoms with E-state index >= 15 is 0 Å². The summed E-state index contributed by atoms with van der Waals surface area (Å²) < 4.78 is 0. The summed E-state index contributed by atoms with van der Waals surface area (Å²) in [5, 5.41) is 15.1. The molecular formula is C20H23N5. The average Bonchev–Trinajstić information content (AvgIpc) is 3.14. The van der Waals surface area contributed by atoms with Crippen molar-refractivity contribution in [2.24, 2.45) is 0 Å². The van der Waals surface area contributed by atoms with Crippen LogP contribution in [-0.2, 0) is 23.7 Å². The molecule has 5 rings (SSSR count). The molecular weight excluding hydrogens is 310 g/mol. The van der Waals surface area contributed by atoms with Gasteiger partial charge in [0.1, 0.15) is 0 Å². The van der Waals surface area contributed by atoms with E-state index in [-0.39, 0.29) is 10.8 Å². The van der Waals surface area contributed by atoms with Crippen LogP contribution in [0.5, 0.6) is 0 Å². The van der Waals surface area contributed by atoms with E-state index in [0.717, 1.165) is 24.2 Å². The third-order valence-corrected chi connectivity index (χ3v) is 6.05. The van der Waals surface area contributed by atoms with Gasteiger partial charge in [0.05, 0.1) is 35.2 Å². The highest BCUT2D eigenvalue weighted by Crippen LogP contribution is 2.49. The second-order valence-electron chi connectivity index (χ2n) is 8.82. The monoisotopic (exact) mass is 333 g/mol. The molecule has 0 spiro atoms. The lowest BCUT2D eigenvalue weighted by Gasteiger charge is -2.35. The zero-order valence-electron chi connectivity index (χ0n) is 15.4. The van der Waals surface area contributed by atoms with E-state index in [1.807, 2.05) is 12.4 Å². The Morgan fingerprint density at radius 1 is 0.800 bits per heavy atom. The van der Waals surface area contributed by atoms with E-state index in [1.54, 1.807) is 0 Å². The van der Waals surface area contributed by atoms with E-state index in [1.165, 1.54) is 39.2 Å². The lowest BCUT2D eigenvalue weighted by Crippen LogP contribution is -2.30. The molecule has 0 fully saturated rings. The summed E-state index contributed by atoms with van der Waals surface area (Å²) in [5.41, 5.74) is 11.0. The van der Waals surface area contributed by atoms with Gasteiger partial charge < -0.3 is 0 Å². The Kier molecular flexibility index (Phi) is 2.61. The first kappa shape index (κ1) is 14.9. The van der Waals surface area contributed by atoms with Crippen LogP contribution >= 0.6 is 0 Å². The second-order valence-corrected chi connectivity index (χ2v) is 8.82. The molecule has 0 saturated carbocycles. The lowest BCUT2D eigenvalue weighted by atomic mass is 9.70. The maximum absolute atomic E-state index is 5.17. The number of nitrogens with zero attached hydrogens (tertiary/aromatic N) is 3. The third kappa shape index (κ3) is 1.81. The number of aromatic nitrogens is 5. The van der Waals surface area contributed by atoms with Crippen molar-refractivity contribution in [2.75, 3.05) is 0 Å². The number of fused-ring (bicyclic) bond motifs is 6. The van der Waals surface area contributed by atoms with Gasteiger partial charge in [-0.3, -0.25) is 15.2 Å².